The summed E-state index contributed by atoms with van der Waals surface area (Å²) in [5.74, 6) is -0.635. The predicted molar refractivity (Wildman–Crippen MR) is 68.5 cm³/mol. The van der Waals surface area contributed by atoms with Crippen LogP contribution >= 0.6 is 0 Å². The lowest BCUT2D eigenvalue weighted by molar-refractivity contribution is -0.141. The Balaban J connectivity index is 2.57. The van der Waals surface area contributed by atoms with Crippen molar-refractivity contribution >= 4 is 11.9 Å². The van der Waals surface area contributed by atoms with E-state index in [1.165, 1.54) is 14.0 Å². The normalized spacial score (nSPS) is 11.5. The van der Waals surface area contributed by atoms with Crippen LogP contribution in [0.1, 0.15) is 12.5 Å². The maximum atomic E-state index is 11.5. The molecule has 0 fully saturated rings. The van der Waals surface area contributed by atoms with Crippen LogP contribution < -0.4 is 14.8 Å². The fourth-order valence-corrected chi connectivity index (χ4v) is 1.38. The molecule has 104 valence electrons. The highest BCUT2D eigenvalue weighted by molar-refractivity contribution is 5.84. The first kappa shape index (κ1) is 14.8. The molecule has 1 rings (SSSR count). The summed E-state index contributed by atoms with van der Waals surface area (Å²) >= 11 is 0. The summed E-state index contributed by atoms with van der Waals surface area (Å²) < 4.78 is 10.4. The van der Waals surface area contributed by atoms with E-state index >= 15 is 0 Å². The molecule has 1 aromatic carbocycles. The second-order valence-corrected chi connectivity index (χ2v) is 4.07. The van der Waals surface area contributed by atoms with Gasteiger partial charge in [0.15, 0.2) is 18.1 Å². The number of hydrogen-bond donors (Lipinski definition) is 2. The van der Waals surface area contributed by atoms with Crippen molar-refractivity contribution in [3.63, 3.8) is 0 Å². The molecule has 0 unspecified atom stereocenters. The number of aliphatic carboxylic acids is 1. The van der Waals surface area contributed by atoms with Crippen LogP contribution in [0.2, 0.25) is 0 Å². The van der Waals surface area contributed by atoms with E-state index in [-0.39, 0.29) is 6.61 Å². The fraction of sp³-hybridized carbons (Fsp3) is 0.385. The van der Waals surface area contributed by atoms with Gasteiger partial charge in [-0.05, 0) is 31.5 Å². The van der Waals surface area contributed by atoms with Crippen molar-refractivity contribution in [3.05, 3.63) is 23.8 Å². The van der Waals surface area contributed by atoms with E-state index in [0.29, 0.717) is 11.5 Å². The van der Waals surface area contributed by atoms with Crippen LogP contribution in [0, 0.1) is 6.92 Å². The Hall–Kier alpha value is -2.24. The smallest absolute Gasteiger partial charge is 0.325 e. The number of carbonyl (C=O) groups excluding carboxylic acids is 1. The lowest BCUT2D eigenvalue weighted by atomic mass is 10.2. The number of ether oxygens (including phenoxy) is 2. The van der Waals surface area contributed by atoms with Gasteiger partial charge in [-0.15, -0.1) is 0 Å². The maximum absolute atomic E-state index is 11.5. The highest BCUT2D eigenvalue weighted by atomic mass is 16.5. The molecular formula is C13H17NO5. The molecule has 0 saturated carbocycles. The van der Waals surface area contributed by atoms with Crippen LogP contribution in [-0.4, -0.2) is 36.7 Å². The minimum Gasteiger partial charge on any atom is -0.493 e. The Kier molecular flexibility index (Phi) is 5.17. The summed E-state index contributed by atoms with van der Waals surface area (Å²) in [6.45, 7) is 3.03. The third-order valence-corrected chi connectivity index (χ3v) is 2.43. The van der Waals surface area contributed by atoms with Gasteiger partial charge in [0.2, 0.25) is 0 Å². The van der Waals surface area contributed by atoms with Crippen molar-refractivity contribution in [2.24, 2.45) is 0 Å². The number of aryl methyl sites for hydroxylation is 1. The predicted octanol–water partition coefficient (Wildman–Crippen LogP) is 0.972. The van der Waals surface area contributed by atoms with E-state index in [9.17, 15) is 9.59 Å². The fourth-order valence-electron chi connectivity index (χ4n) is 1.38. The minimum absolute atomic E-state index is 0.267. The van der Waals surface area contributed by atoms with Crippen molar-refractivity contribution < 1.29 is 24.2 Å². The number of hydrogen-bond acceptors (Lipinski definition) is 4. The zero-order chi connectivity index (χ0) is 14.4. The summed E-state index contributed by atoms with van der Waals surface area (Å²) in [6, 6.07) is 4.36. The molecule has 0 bridgehead atoms. The lowest BCUT2D eigenvalue weighted by Crippen LogP contribution is -2.40. The molecule has 0 aliphatic rings. The summed E-state index contributed by atoms with van der Waals surface area (Å²) in [7, 11) is 1.51. The lowest BCUT2D eigenvalue weighted by Gasteiger charge is -2.12. The first-order chi connectivity index (χ1) is 8.93. The van der Waals surface area contributed by atoms with Crippen LogP contribution in [0.3, 0.4) is 0 Å². The van der Waals surface area contributed by atoms with Gasteiger partial charge in [-0.3, -0.25) is 9.59 Å². The molecule has 2 N–H and O–H groups in total. The number of benzene rings is 1. The molecular weight excluding hydrogens is 250 g/mol. The van der Waals surface area contributed by atoms with Gasteiger partial charge in [-0.2, -0.15) is 0 Å². The van der Waals surface area contributed by atoms with Gasteiger partial charge in [-0.1, -0.05) is 6.07 Å². The van der Waals surface area contributed by atoms with E-state index in [4.69, 9.17) is 14.6 Å². The second-order valence-electron chi connectivity index (χ2n) is 4.07. The SMILES string of the molecule is COc1cc(C)ccc1OCC(=O)N[C@@H](C)C(=O)O. The molecule has 0 aliphatic carbocycles. The molecule has 1 amide bonds. The van der Waals surface area contributed by atoms with Crippen LogP contribution in [0.5, 0.6) is 11.5 Å². The van der Waals surface area contributed by atoms with Gasteiger partial charge in [0.1, 0.15) is 6.04 Å². The standard InChI is InChI=1S/C13H17NO5/c1-8-4-5-10(11(6-8)18-3)19-7-12(15)14-9(2)13(16)17/h4-6,9H,7H2,1-3H3,(H,14,15)(H,16,17)/t9-/m0/s1. The van der Waals surface area contributed by atoms with Gasteiger partial charge < -0.3 is 19.9 Å². The van der Waals surface area contributed by atoms with Gasteiger partial charge in [0.05, 0.1) is 7.11 Å². The van der Waals surface area contributed by atoms with E-state index < -0.39 is 17.9 Å². The van der Waals surface area contributed by atoms with Crippen LogP contribution in [0.4, 0.5) is 0 Å². The summed E-state index contributed by atoms with van der Waals surface area (Å²) in [5.41, 5.74) is 1.01. The molecule has 1 atom stereocenters. The quantitative estimate of drug-likeness (QED) is 0.802. The van der Waals surface area contributed by atoms with Crippen molar-refractivity contribution in [3.8, 4) is 11.5 Å². The number of rotatable bonds is 6. The van der Waals surface area contributed by atoms with Gasteiger partial charge >= 0.3 is 5.97 Å². The van der Waals surface area contributed by atoms with Gasteiger partial charge in [-0.25, -0.2) is 0 Å². The summed E-state index contributed by atoms with van der Waals surface area (Å²) in [4.78, 5) is 22.0. The van der Waals surface area contributed by atoms with Gasteiger partial charge in [0.25, 0.3) is 5.91 Å². The highest BCUT2D eigenvalue weighted by Crippen LogP contribution is 2.27. The Labute approximate surface area is 111 Å². The number of methoxy groups -OCH3 is 1. The van der Waals surface area contributed by atoms with Crippen molar-refractivity contribution in [1.29, 1.82) is 0 Å². The Morgan fingerprint density at radius 1 is 1.37 bits per heavy atom. The molecule has 0 radical (unpaired) electrons. The zero-order valence-corrected chi connectivity index (χ0v) is 11.1. The molecule has 0 aliphatic heterocycles. The molecule has 0 heterocycles. The number of amides is 1. The Morgan fingerprint density at radius 3 is 2.63 bits per heavy atom. The largest absolute Gasteiger partial charge is 0.493 e. The third-order valence-electron chi connectivity index (χ3n) is 2.43. The average Bonchev–Trinajstić information content (AvgIpc) is 2.36. The van der Waals surface area contributed by atoms with E-state index in [1.54, 1.807) is 12.1 Å². The molecule has 6 nitrogen and oxygen atoms in total. The number of carboxylic acids is 1. The highest BCUT2D eigenvalue weighted by Gasteiger charge is 2.14. The molecule has 1 aromatic rings. The topological polar surface area (TPSA) is 84.9 Å². The molecule has 0 spiro atoms. The zero-order valence-electron chi connectivity index (χ0n) is 11.1. The van der Waals surface area contributed by atoms with Crippen LogP contribution in [0.15, 0.2) is 18.2 Å². The minimum atomic E-state index is -1.10. The Bertz CT molecular complexity index is 472. The first-order valence-electron chi connectivity index (χ1n) is 5.73. The molecule has 0 saturated heterocycles. The van der Waals surface area contributed by atoms with Crippen molar-refractivity contribution in [2.45, 2.75) is 19.9 Å². The molecule has 19 heavy (non-hydrogen) atoms. The monoisotopic (exact) mass is 267 g/mol. The third kappa shape index (κ3) is 4.50. The number of carboxylic acid groups (broad SMARTS) is 1. The summed E-state index contributed by atoms with van der Waals surface area (Å²) in [5, 5.41) is 10.9. The van der Waals surface area contributed by atoms with E-state index in [0.717, 1.165) is 5.56 Å². The molecule has 0 aromatic heterocycles. The molecule has 6 heteroatoms. The number of nitrogens with one attached hydrogen (secondary N) is 1. The maximum Gasteiger partial charge on any atom is 0.325 e. The second kappa shape index (κ2) is 6.63. The van der Waals surface area contributed by atoms with Crippen molar-refractivity contribution in [1.82, 2.24) is 5.32 Å². The van der Waals surface area contributed by atoms with Crippen LogP contribution in [0.25, 0.3) is 0 Å². The number of carbonyl (C=O) groups is 2. The first-order valence-corrected chi connectivity index (χ1v) is 5.73. The van der Waals surface area contributed by atoms with Crippen LogP contribution in [-0.2, 0) is 9.59 Å². The van der Waals surface area contributed by atoms with E-state index in [2.05, 4.69) is 5.32 Å². The Morgan fingerprint density at radius 2 is 2.05 bits per heavy atom. The summed E-state index contributed by atoms with van der Waals surface area (Å²) in [6.07, 6.45) is 0. The van der Waals surface area contributed by atoms with E-state index in [1.807, 2.05) is 13.0 Å². The van der Waals surface area contributed by atoms with Gasteiger partial charge in [0, 0.05) is 0 Å². The average molecular weight is 267 g/mol. The van der Waals surface area contributed by atoms with Crippen molar-refractivity contribution in [2.75, 3.05) is 13.7 Å².